The molecule has 0 radical (unpaired) electrons. The molecule has 0 rings (SSSR count). The third kappa shape index (κ3) is 8.75. The van der Waals surface area contributed by atoms with Crippen molar-refractivity contribution in [2.45, 2.75) is 20.8 Å². The van der Waals surface area contributed by atoms with Crippen LogP contribution in [-0.2, 0) is 4.79 Å². The van der Waals surface area contributed by atoms with Crippen LogP contribution in [-0.4, -0.2) is 11.1 Å². The Bertz CT molecular complexity index is 161. The zero-order valence-corrected chi connectivity index (χ0v) is 7.27. The van der Waals surface area contributed by atoms with Crippen molar-refractivity contribution in [1.29, 1.82) is 0 Å². The van der Waals surface area contributed by atoms with Crippen molar-refractivity contribution in [2.24, 2.45) is 0 Å². The van der Waals surface area contributed by atoms with Crippen LogP contribution in [0.1, 0.15) is 20.8 Å². The lowest BCUT2D eigenvalue weighted by atomic mass is 10.4. The molecule has 0 saturated carbocycles. The number of aliphatic carboxylic acids is 1. The second-order valence-electron chi connectivity index (χ2n) is 1.69. The first kappa shape index (κ1) is 12.4. The third-order valence-electron chi connectivity index (χ3n) is 0.622. The number of nitrogens with one attached hydrogen (secondary N) is 1. The van der Waals surface area contributed by atoms with Gasteiger partial charge in [-0.3, -0.25) is 0 Å². The summed E-state index contributed by atoms with van der Waals surface area (Å²) in [6.45, 7) is 12.3. The number of hydrogen-bond donors (Lipinski definition) is 2. The molecule has 11 heavy (non-hydrogen) atoms. The Kier molecular flexibility index (Phi) is 7.76. The minimum absolute atomic E-state index is 0.0532. The van der Waals surface area contributed by atoms with Gasteiger partial charge >= 0.3 is 5.97 Å². The molecule has 64 valence electrons. The van der Waals surface area contributed by atoms with E-state index in [-0.39, 0.29) is 5.70 Å². The van der Waals surface area contributed by atoms with E-state index in [0.29, 0.717) is 5.70 Å². The second kappa shape index (κ2) is 6.86. The Morgan fingerprint density at radius 3 is 1.82 bits per heavy atom. The van der Waals surface area contributed by atoms with Crippen LogP contribution in [0.3, 0.4) is 0 Å². The maximum atomic E-state index is 10.0. The average molecular weight is 157 g/mol. The Balaban J connectivity index is 0. The quantitative estimate of drug-likeness (QED) is 0.613. The zero-order valence-electron chi connectivity index (χ0n) is 7.27. The van der Waals surface area contributed by atoms with E-state index in [1.807, 2.05) is 13.8 Å². The van der Waals surface area contributed by atoms with Gasteiger partial charge in [0.2, 0.25) is 0 Å². The maximum Gasteiger partial charge on any atom is 0.351 e. The molecule has 0 aromatic carbocycles. The van der Waals surface area contributed by atoms with Crippen LogP contribution in [0.5, 0.6) is 0 Å². The summed E-state index contributed by atoms with van der Waals surface area (Å²) >= 11 is 0. The number of carbonyl (C=O) groups is 1. The van der Waals surface area contributed by atoms with E-state index in [1.54, 1.807) is 6.92 Å². The smallest absolute Gasteiger partial charge is 0.351 e. The molecule has 3 heteroatoms. The Hall–Kier alpha value is -1.25. The molecule has 0 aromatic heterocycles. The lowest BCUT2D eigenvalue weighted by Gasteiger charge is -2.01. The number of hydrogen-bond acceptors (Lipinski definition) is 2. The van der Waals surface area contributed by atoms with Crippen LogP contribution in [0.2, 0.25) is 0 Å². The fraction of sp³-hybridized carbons (Fsp3) is 0.375. The highest BCUT2D eigenvalue weighted by atomic mass is 16.4. The predicted octanol–water partition coefficient (Wildman–Crippen LogP) is 1.73. The summed E-state index contributed by atoms with van der Waals surface area (Å²) in [6, 6.07) is 0. The maximum absolute atomic E-state index is 10.0. The fourth-order valence-corrected chi connectivity index (χ4v) is 0.311. The van der Waals surface area contributed by atoms with E-state index < -0.39 is 5.97 Å². The van der Waals surface area contributed by atoms with Crippen LogP contribution < -0.4 is 5.32 Å². The summed E-state index contributed by atoms with van der Waals surface area (Å²) in [6.07, 6.45) is 0. The topological polar surface area (TPSA) is 49.3 Å². The molecule has 0 heterocycles. The Morgan fingerprint density at radius 1 is 1.36 bits per heavy atom. The molecule has 0 spiro atoms. The standard InChI is InChI=1S/C6H9NO2.C2H6/c1-4(2)7-5(3)6(8)9;1-2/h7H,1,3H2,2H3,(H,8,9);1-2H3. The van der Waals surface area contributed by atoms with Crippen LogP contribution >= 0.6 is 0 Å². The molecular weight excluding hydrogens is 142 g/mol. The van der Waals surface area contributed by atoms with Gasteiger partial charge in [0, 0.05) is 5.70 Å². The highest BCUT2D eigenvalue weighted by Gasteiger charge is 2.00. The summed E-state index contributed by atoms with van der Waals surface area (Å²) in [4.78, 5) is 10.0. The van der Waals surface area contributed by atoms with Crippen molar-refractivity contribution in [2.75, 3.05) is 0 Å². The summed E-state index contributed by atoms with van der Waals surface area (Å²) in [5.74, 6) is -1.06. The van der Waals surface area contributed by atoms with Crippen molar-refractivity contribution in [1.82, 2.24) is 5.32 Å². The van der Waals surface area contributed by atoms with Crippen LogP contribution in [0.25, 0.3) is 0 Å². The van der Waals surface area contributed by atoms with Gasteiger partial charge in [-0.15, -0.1) is 0 Å². The van der Waals surface area contributed by atoms with Gasteiger partial charge < -0.3 is 10.4 Å². The van der Waals surface area contributed by atoms with Gasteiger partial charge in [-0.2, -0.15) is 0 Å². The number of carboxylic acids is 1. The molecule has 0 bridgehead atoms. The van der Waals surface area contributed by atoms with Gasteiger partial charge in [0.25, 0.3) is 0 Å². The molecule has 0 aromatic rings. The van der Waals surface area contributed by atoms with E-state index >= 15 is 0 Å². The molecule has 0 aliphatic heterocycles. The largest absolute Gasteiger partial charge is 0.477 e. The first-order chi connectivity index (χ1) is 5.04. The summed E-state index contributed by atoms with van der Waals surface area (Å²) in [5.41, 5.74) is 0.518. The summed E-state index contributed by atoms with van der Waals surface area (Å²) in [5, 5.41) is 10.7. The molecule has 0 aliphatic carbocycles. The van der Waals surface area contributed by atoms with Crippen molar-refractivity contribution in [3.05, 3.63) is 24.6 Å². The van der Waals surface area contributed by atoms with E-state index in [1.165, 1.54) is 0 Å². The van der Waals surface area contributed by atoms with Gasteiger partial charge in [0.05, 0.1) is 0 Å². The number of carboxylic acid groups (broad SMARTS) is 1. The molecule has 3 nitrogen and oxygen atoms in total. The normalized spacial score (nSPS) is 7.18. The molecule has 0 unspecified atom stereocenters. The van der Waals surface area contributed by atoms with E-state index in [0.717, 1.165) is 0 Å². The average Bonchev–Trinajstić information content (AvgIpc) is 1.90. The van der Waals surface area contributed by atoms with Crippen molar-refractivity contribution in [3.63, 3.8) is 0 Å². The van der Waals surface area contributed by atoms with Gasteiger partial charge in [0.15, 0.2) is 0 Å². The summed E-state index contributed by atoms with van der Waals surface area (Å²) < 4.78 is 0. The second-order valence-corrected chi connectivity index (χ2v) is 1.69. The Labute approximate surface area is 67.4 Å². The fourth-order valence-electron chi connectivity index (χ4n) is 0.311. The van der Waals surface area contributed by atoms with Crippen molar-refractivity contribution < 1.29 is 9.90 Å². The van der Waals surface area contributed by atoms with Gasteiger partial charge in [0.1, 0.15) is 5.70 Å². The van der Waals surface area contributed by atoms with Gasteiger partial charge in [-0.25, -0.2) is 4.79 Å². The van der Waals surface area contributed by atoms with Crippen molar-refractivity contribution in [3.8, 4) is 0 Å². The lowest BCUT2D eigenvalue weighted by molar-refractivity contribution is -0.132. The minimum atomic E-state index is -1.06. The molecule has 0 atom stereocenters. The molecule has 2 N–H and O–H groups in total. The van der Waals surface area contributed by atoms with E-state index in [2.05, 4.69) is 18.5 Å². The van der Waals surface area contributed by atoms with E-state index in [9.17, 15) is 4.79 Å². The van der Waals surface area contributed by atoms with E-state index in [4.69, 9.17) is 5.11 Å². The van der Waals surface area contributed by atoms with Crippen LogP contribution in [0.15, 0.2) is 24.6 Å². The first-order valence-electron chi connectivity index (χ1n) is 3.38. The van der Waals surface area contributed by atoms with Gasteiger partial charge in [-0.05, 0) is 6.92 Å². The highest BCUT2D eigenvalue weighted by Crippen LogP contribution is 1.87. The first-order valence-corrected chi connectivity index (χ1v) is 3.38. The van der Waals surface area contributed by atoms with Crippen LogP contribution in [0.4, 0.5) is 0 Å². The molecular formula is C8H15NO2. The van der Waals surface area contributed by atoms with Gasteiger partial charge in [-0.1, -0.05) is 27.0 Å². The number of rotatable bonds is 3. The predicted molar refractivity (Wildman–Crippen MR) is 46.1 cm³/mol. The minimum Gasteiger partial charge on any atom is -0.477 e. The molecule has 0 amide bonds. The SMILES string of the molecule is C=C(C)NC(=C)C(=O)O.CC. The van der Waals surface area contributed by atoms with Crippen molar-refractivity contribution >= 4 is 5.97 Å². The monoisotopic (exact) mass is 157 g/mol. The molecule has 0 fully saturated rings. The number of allylic oxidation sites excluding steroid dienone is 1. The lowest BCUT2D eigenvalue weighted by Crippen LogP contribution is -2.16. The highest BCUT2D eigenvalue weighted by molar-refractivity contribution is 5.85. The molecule has 0 saturated heterocycles. The zero-order chi connectivity index (χ0) is 9.44. The third-order valence-corrected chi connectivity index (χ3v) is 0.622. The van der Waals surface area contributed by atoms with Crippen LogP contribution in [0, 0.1) is 0 Å². The molecule has 0 aliphatic rings. The Morgan fingerprint density at radius 2 is 1.73 bits per heavy atom. The summed E-state index contributed by atoms with van der Waals surface area (Å²) in [7, 11) is 0.